The highest BCUT2D eigenvalue weighted by molar-refractivity contribution is 7.89. The first-order valence-corrected chi connectivity index (χ1v) is 12.9. The maximum atomic E-state index is 13.0. The standard InChI is InChI=1S/C23H27N3O4S2/c1-25-20-14-11-18(30-3)15-21(20)31-23(25)24-22(27)16-9-12-19(13-10-16)32(28,29)26(2)17-7-5-4-6-8-17/h9-15,17H,4-8H2,1-3H3. The molecule has 9 heteroatoms. The van der Waals surface area contributed by atoms with E-state index in [1.807, 2.05) is 29.8 Å². The quantitative estimate of drug-likeness (QED) is 0.562. The number of thiazole rings is 1. The van der Waals surface area contributed by atoms with E-state index in [2.05, 4.69) is 4.99 Å². The van der Waals surface area contributed by atoms with E-state index in [1.54, 1.807) is 14.2 Å². The highest BCUT2D eigenvalue weighted by Gasteiger charge is 2.29. The van der Waals surface area contributed by atoms with Gasteiger partial charge in [-0.05, 0) is 55.3 Å². The lowest BCUT2D eigenvalue weighted by Gasteiger charge is -2.30. The van der Waals surface area contributed by atoms with Crippen molar-refractivity contribution in [2.75, 3.05) is 14.2 Å². The van der Waals surface area contributed by atoms with Crippen LogP contribution in [0.3, 0.4) is 0 Å². The number of aryl methyl sites for hydroxylation is 1. The fourth-order valence-corrected chi connectivity index (χ4v) is 6.54. The van der Waals surface area contributed by atoms with Gasteiger partial charge in [0, 0.05) is 25.7 Å². The summed E-state index contributed by atoms with van der Waals surface area (Å²) in [5.74, 6) is 0.330. The molecule has 0 aliphatic heterocycles. The lowest BCUT2D eigenvalue weighted by atomic mass is 9.96. The fraction of sp³-hybridized carbons (Fsp3) is 0.391. The van der Waals surface area contributed by atoms with Gasteiger partial charge in [-0.15, -0.1) is 0 Å². The summed E-state index contributed by atoms with van der Waals surface area (Å²) in [6.45, 7) is 0. The number of carbonyl (C=O) groups is 1. The highest BCUT2D eigenvalue weighted by atomic mass is 32.2. The second-order valence-electron chi connectivity index (χ2n) is 8.03. The van der Waals surface area contributed by atoms with Crippen molar-refractivity contribution in [3.05, 3.63) is 52.8 Å². The molecule has 2 aromatic carbocycles. The van der Waals surface area contributed by atoms with Crippen LogP contribution in [-0.4, -0.2) is 43.4 Å². The molecular weight excluding hydrogens is 446 g/mol. The number of nitrogens with zero attached hydrogens (tertiary/aromatic N) is 3. The topological polar surface area (TPSA) is 81.0 Å². The lowest BCUT2D eigenvalue weighted by Crippen LogP contribution is -2.38. The number of rotatable bonds is 5. The Bertz CT molecular complexity index is 1300. The third-order valence-corrected chi connectivity index (χ3v) is 9.10. The van der Waals surface area contributed by atoms with Crippen LogP contribution in [0.25, 0.3) is 10.2 Å². The van der Waals surface area contributed by atoms with E-state index in [1.165, 1.54) is 39.9 Å². The summed E-state index contributed by atoms with van der Waals surface area (Å²) in [7, 11) is 1.52. The number of aromatic nitrogens is 1. The molecule has 1 aliphatic carbocycles. The van der Waals surface area contributed by atoms with Gasteiger partial charge in [0.2, 0.25) is 10.0 Å². The van der Waals surface area contributed by atoms with Crippen LogP contribution in [0.2, 0.25) is 0 Å². The maximum absolute atomic E-state index is 13.0. The van der Waals surface area contributed by atoms with E-state index in [-0.39, 0.29) is 10.9 Å². The Labute approximate surface area is 192 Å². The first-order chi connectivity index (χ1) is 15.3. The second kappa shape index (κ2) is 9.17. The summed E-state index contributed by atoms with van der Waals surface area (Å²) >= 11 is 1.40. The zero-order chi connectivity index (χ0) is 22.9. The number of sulfonamides is 1. The number of hydrogen-bond donors (Lipinski definition) is 0. The average Bonchev–Trinajstić information content (AvgIpc) is 3.13. The Morgan fingerprint density at radius 3 is 2.47 bits per heavy atom. The van der Waals surface area contributed by atoms with Crippen LogP contribution in [0.15, 0.2) is 52.4 Å². The number of hydrogen-bond acceptors (Lipinski definition) is 5. The number of fused-ring (bicyclic) bond motifs is 1. The molecule has 0 N–H and O–H groups in total. The van der Waals surface area contributed by atoms with Gasteiger partial charge in [-0.2, -0.15) is 9.30 Å². The molecule has 32 heavy (non-hydrogen) atoms. The van der Waals surface area contributed by atoms with Gasteiger partial charge in [-0.1, -0.05) is 30.6 Å². The van der Waals surface area contributed by atoms with Crippen molar-refractivity contribution in [2.45, 2.75) is 43.0 Å². The van der Waals surface area contributed by atoms with Gasteiger partial charge in [0.05, 0.1) is 22.2 Å². The molecule has 1 aliphatic rings. The van der Waals surface area contributed by atoms with Gasteiger partial charge < -0.3 is 9.30 Å². The largest absolute Gasteiger partial charge is 0.497 e. The van der Waals surface area contributed by atoms with Crippen LogP contribution in [0.5, 0.6) is 5.75 Å². The van der Waals surface area contributed by atoms with Gasteiger partial charge in [0.25, 0.3) is 5.91 Å². The summed E-state index contributed by atoms with van der Waals surface area (Å²) in [6, 6.07) is 11.8. The molecule has 1 aromatic heterocycles. The molecule has 0 saturated heterocycles. The average molecular weight is 474 g/mol. The Hall–Kier alpha value is -2.49. The molecule has 0 bridgehead atoms. The molecule has 0 atom stereocenters. The zero-order valence-corrected chi connectivity index (χ0v) is 20.1. The van der Waals surface area contributed by atoms with Crippen LogP contribution < -0.4 is 9.54 Å². The Morgan fingerprint density at radius 1 is 1.12 bits per heavy atom. The van der Waals surface area contributed by atoms with E-state index < -0.39 is 15.9 Å². The van der Waals surface area contributed by atoms with Crippen molar-refractivity contribution >= 4 is 37.5 Å². The van der Waals surface area contributed by atoms with E-state index in [0.717, 1.165) is 48.1 Å². The van der Waals surface area contributed by atoms with Crippen LogP contribution in [0, 0.1) is 0 Å². The number of benzene rings is 2. The molecule has 0 radical (unpaired) electrons. The number of ether oxygens (including phenoxy) is 1. The van der Waals surface area contributed by atoms with Crippen molar-refractivity contribution < 1.29 is 17.9 Å². The number of amides is 1. The minimum absolute atomic E-state index is 0.0386. The molecular formula is C23H27N3O4S2. The molecule has 1 saturated carbocycles. The van der Waals surface area contributed by atoms with Gasteiger partial charge >= 0.3 is 0 Å². The monoisotopic (exact) mass is 473 g/mol. The number of methoxy groups -OCH3 is 1. The Kier molecular flexibility index (Phi) is 6.50. The number of carbonyl (C=O) groups excluding carboxylic acids is 1. The third kappa shape index (κ3) is 4.37. The smallest absolute Gasteiger partial charge is 0.279 e. The minimum Gasteiger partial charge on any atom is -0.497 e. The van der Waals surface area contributed by atoms with E-state index in [0.29, 0.717) is 10.4 Å². The van der Waals surface area contributed by atoms with Gasteiger partial charge in [-0.3, -0.25) is 4.79 Å². The minimum atomic E-state index is -3.59. The first kappa shape index (κ1) is 22.7. The molecule has 0 unspecified atom stereocenters. The van der Waals surface area contributed by atoms with Crippen molar-refractivity contribution in [3.63, 3.8) is 0 Å². The van der Waals surface area contributed by atoms with Crippen molar-refractivity contribution in [1.82, 2.24) is 8.87 Å². The van der Waals surface area contributed by atoms with Crippen molar-refractivity contribution in [1.29, 1.82) is 0 Å². The molecule has 3 aromatic rings. The summed E-state index contributed by atoms with van der Waals surface area (Å²) in [6.07, 6.45) is 5.06. The Morgan fingerprint density at radius 2 is 1.81 bits per heavy atom. The van der Waals surface area contributed by atoms with Crippen molar-refractivity contribution in [2.24, 2.45) is 12.0 Å². The molecule has 7 nitrogen and oxygen atoms in total. The summed E-state index contributed by atoms with van der Waals surface area (Å²) in [4.78, 5) is 17.8. The third-order valence-electron chi connectivity index (χ3n) is 6.08. The van der Waals surface area contributed by atoms with Gasteiger partial charge in [0.15, 0.2) is 4.80 Å². The van der Waals surface area contributed by atoms with Gasteiger partial charge in [-0.25, -0.2) is 8.42 Å². The summed E-state index contributed by atoms with van der Waals surface area (Å²) < 4.78 is 35.6. The molecule has 1 heterocycles. The maximum Gasteiger partial charge on any atom is 0.279 e. The molecule has 0 spiro atoms. The fourth-order valence-electron chi connectivity index (χ4n) is 4.08. The molecule has 4 rings (SSSR count). The van der Waals surface area contributed by atoms with Crippen LogP contribution in [0.1, 0.15) is 42.5 Å². The second-order valence-corrected chi connectivity index (χ2v) is 11.0. The molecule has 170 valence electrons. The van der Waals surface area contributed by atoms with E-state index in [4.69, 9.17) is 4.74 Å². The normalized spacial score (nSPS) is 16.1. The SMILES string of the molecule is COc1ccc2c(c1)sc(=NC(=O)c1ccc(S(=O)(=O)N(C)C3CCCCC3)cc1)n2C. The predicted molar refractivity (Wildman–Crippen MR) is 126 cm³/mol. The van der Waals surface area contributed by atoms with Gasteiger partial charge in [0.1, 0.15) is 5.75 Å². The first-order valence-electron chi connectivity index (χ1n) is 10.6. The predicted octanol–water partition coefficient (Wildman–Crippen LogP) is 3.94. The summed E-state index contributed by atoms with van der Waals surface area (Å²) in [5.41, 5.74) is 1.30. The Balaban J connectivity index is 1.58. The zero-order valence-electron chi connectivity index (χ0n) is 18.4. The van der Waals surface area contributed by atoms with Crippen LogP contribution in [0.4, 0.5) is 0 Å². The summed E-state index contributed by atoms with van der Waals surface area (Å²) in [5, 5.41) is 0. The van der Waals surface area contributed by atoms with E-state index in [9.17, 15) is 13.2 Å². The highest BCUT2D eigenvalue weighted by Crippen LogP contribution is 2.27. The van der Waals surface area contributed by atoms with Crippen LogP contribution >= 0.6 is 11.3 Å². The molecule has 1 amide bonds. The molecule has 1 fully saturated rings. The lowest BCUT2D eigenvalue weighted by molar-refractivity contribution is 0.0998. The van der Waals surface area contributed by atoms with Crippen molar-refractivity contribution in [3.8, 4) is 5.75 Å². The van der Waals surface area contributed by atoms with Crippen LogP contribution in [-0.2, 0) is 17.1 Å². The van der Waals surface area contributed by atoms with E-state index >= 15 is 0 Å².